The van der Waals surface area contributed by atoms with Crippen LogP contribution in [0.5, 0.6) is 5.75 Å². The van der Waals surface area contributed by atoms with Crippen molar-refractivity contribution in [3.8, 4) is 5.75 Å². The first kappa shape index (κ1) is 11.5. The maximum absolute atomic E-state index is 10.8. The maximum atomic E-state index is 10.8. The lowest BCUT2D eigenvalue weighted by Gasteiger charge is -2.18. The third-order valence-corrected chi connectivity index (χ3v) is 2.33. The lowest BCUT2D eigenvalue weighted by molar-refractivity contribution is -0.119. The van der Waals surface area contributed by atoms with Crippen LogP contribution in [0.25, 0.3) is 0 Å². The predicted molar refractivity (Wildman–Crippen MR) is 58.3 cm³/mol. The molecule has 0 saturated carbocycles. The van der Waals surface area contributed by atoms with Crippen LogP contribution in [-0.4, -0.2) is 17.1 Å². The molecule has 15 heavy (non-hydrogen) atoms. The van der Waals surface area contributed by atoms with Gasteiger partial charge >= 0.3 is 0 Å². The molecule has 1 aromatic carbocycles. The summed E-state index contributed by atoms with van der Waals surface area (Å²) in [5, 5.41) is 12.6. The van der Waals surface area contributed by atoms with Crippen molar-refractivity contribution in [2.75, 3.05) is 0 Å². The van der Waals surface area contributed by atoms with Crippen LogP contribution in [0.2, 0.25) is 0 Å². The molecule has 0 fully saturated rings. The van der Waals surface area contributed by atoms with Crippen LogP contribution in [0.15, 0.2) is 24.3 Å². The second-order valence-electron chi connectivity index (χ2n) is 3.57. The summed E-state index contributed by atoms with van der Waals surface area (Å²) >= 11 is 0. The van der Waals surface area contributed by atoms with E-state index in [1.54, 1.807) is 25.1 Å². The second-order valence-corrected chi connectivity index (χ2v) is 3.57. The molecule has 2 atom stereocenters. The first-order chi connectivity index (χ1) is 7.02. The number of primary amides is 1. The summed E-state index contributed by atoms with van der Waals surface area (Å²) in [7, 11) is 0. The average Bonchev–Trinajstić information content (AvgIpc) is 2.18. The van der Waals surface area contributed by atoms with Gasteiger partial charge < -0.3 is 10.8 Å². The van der Waals surface area contributed by atoms with E-state index in [1.165, 1.54) is 0 Å². The van der Waals surface area contributed by atoms with Gasteiger partial charge in [-0.05, 0) is 19.9 Å². The summed E-state index contributed by atoms with van der Waals surface area (Å²) in [6.07, 6.45) is 0. The number of amides is 1. The van der Waals surface area contributed by atoms with Gasteiger partial charge in [-0.15, -0.1) is 0 Å². The van der Waals surface area contributed by atoms with Crippen LogP contribution in [0.1, 0.15) is 25.5 Å². The number of phenolic OH excluding ortho intramolecular Hbond substituents is 1. The Labute approximate surface area is 89.1 Å². The third kappa shape index (κ3) is 2.95. The number of nitrogens with two attached hydrogens (primary N) is 1. The lowest BCUT2D eigenvalue weighted by Crippen LogP contribution is -2.40. The van der Waals surface area contributed by atoms with E-state index in [-0.39, 0.29) is 11.8 Å². The molecule has 0 heterocycles. The molecule has 2 unspecified atom stereocenters. The van der Waals surface area contributed by atoms with Crippen molar-refractivity contribution in [3.63, 3.8) is 0 Å². The predicted octanol–water partition coefficient (Wildman–Crippen LogP) is 0.917. The molecule has 82 valence electrons. The second kappa shape index (κ2) is 4.79. The number of para-hydroxylation sites is 1. The maximum Gasteiger partial charge on any atom is 0.234 e. The molecule has 4 nitrogen and oxygen atoms in total. The van der Waals surface area contributed by atoms with Crippen LogP contribution in [-0.2, 0) is 4.79 Å². The number of rotatable bonds is 4. The Balaban J connectivity index is 2.73. The highest BCUT2D eigenvalue weighted by Crippen LogP contribution is 2.23. The number of benzene rings is 1. The highest BCUT2D eigenvalue weighted by Gasteiger charge is 2.15. The van der Waals surface area contributed by atoms with E-state index in [1.807, 2.05) is 13.0 Å². The Morgan fingerprint density at radius 2 is 2.00 bits per heavy atom. The van der Waals surface area contributed by atoms with E-state index in [2.05, 4.69) is 5.32 Å². The van der Waals surface area contributed by atoms with Crippen LogP contribution in [0.4, 0.5) is 0 Å². The van der Waals surface area contributed by atoms with Crippen molar-refractivity contribution in [3.05, 3.63) is 29.8 Å². The smallest absolute Gasteiger partial charge is 0.234 e. The summed E-state index contributed by atoms with van der Waals surface area (Å²) in [6.45, 7) is 3.56. The van der Waals surface area contributed by atoms with Gasteiger partial charge in [-0.2, -0.15) is 0 Å². The van der Waals surface area contributed by atoms with Gasteiger partial charge in [0.05, 0.1) is 6.04 Å². The van der Waals surface area contributed by atoms with Gasteiger partial charge in [0.25, 0.3) is 0 Å². The van der Waals surface area contributed by atoms with Gasteiger partial charge in [0, 0.05) is 11.6 Å². The minimum Gasteiger partial charge on any atom is -0.508 e. The molecule has 4 heteroatoms. The fourth-order valence-corrected chi connectivity index (χ4v) is 1.40. The summed E-state index contributed by atoms with van der Waals surface area (Å²) in [5.41, 5.74) is 5.89. The molecule has 0 saturated heterocycles. The topological polar surface area (TPSA) is 75.3 Å². The summed E-state index contributed by atoms with van der Waals surface area (Å²) < 4.78 is 0. The van der Waals surface area contributed by atoms with Crippen LogP contribution in [0, 0.1) is 0 Å². The molecule has 0 bridgehead atoms. The van der Waals surface area contributed by atoms with E-state index in [0.29, 0.717) is 0 Å². The molecule has 0 aliphatic rings. The minimum absolute atomic E-state index is 0.117. The van der Waals surface area contributed by atoms with Gasteiger partial charge in [0.2, 0.25) is 5.91 Å². The molecule has 1 amide bonds. The average molecular weight is 208 g/mol. The van der Waals surface area contributed by atoms with Gasteiger partial charge in [0.15, 0.2) is 0 Å². The molecule has 1 rings (SSSR count). The standard InChI is InChI=1S/C11H16N2O2/c1-7(13-8(2)11(12)15)9-5-3-4-6-10(9)14/h3-8,13-14H,1-2H3,(H2,12,15). The third-order valence-electron chi connectivity index (χ3n) is 2.33. The van der Waals surface area contributed by atoms with Crippen LogP contribution in [0.3, 0.4) is 0 Å². The zero-order valence-electron chi connectivity index (χ0n) is 8.90. The van der Waals surface area contributed by atoms with Crippen molar-refractivity contribution in [2.45, 2.75) is 25.9 Å². The molecular formula is C11H16N2O2. The number of carbonyl (C=O) groups is 1. The van der Waals surface area contributed by atoms with E-state index in [4.69, 9.17) is 5.73 Å². The zero-order chi connectivity index (χ0) is 11.4. The summed E-state index contributed by atoms with van der Waals surface area (Å²) in [4.78, 5) is 10.8. The molecule has 0 aromatic heterocycles. The molecule has 1 aromatic rings. The first-order valence-electron chi connectivity index (χ1n) is 4.85. The van der Waals surface area contributed by atoms with Crippen molar-refractivity contribution >= 4 is 5.91 Å². The normalized spacial score (nSPS) is 14.5. The van der Waals surface area contributed by atoms with E-state index < -0.39 is 11.9 Å². The molecule has 0 aliphatic carbocycles. The SMILES string of the molecule is CC(NC(C)c1ccccc1O)C(N)=O. The molecular weight excluding hydrogens is 192 g/mol. The summed E-state index contributed by atoms with van der Waals surface area (Å²) in [5.74, 6) is -0.188. The zero-order valence-corrected chi connectivity index (χ0v) is 8.90. The quantitative estimate of drug-likeness (QED) is 0.688. The Morgan fingerprint density at radius 3 is 2.53 bits per heavy atom. The molecule has 0 spiro atoms. The Morgan fingerprint density at radius 1 is 1.40 bits per heavy atom. The van der Waals surface area contributed by atoms with Crippen LogP contribution >= 0.6 is 0 Å². The number of phenols is 1. The van der Waals surface area contributed by atoms with E-state index in [9.17, 15) is 9.90 Å². The highest BCUT2D eigenvalue weighted by molar-refractivity contribution is 5.79. The van der Waals surface area contributed by atoms with Crippen molar-refractivity contribution in [1.29, 1.82) is 0 Å². The lowest BCUT2D eigenvalue weighted by atomic mass is 10.1. The molecule has 0 radical (unpaired) electrons. The monoisotopic (exact) mass is 208 g/mol. The number of aromatic hydroxyl groups is 1. The van der Waals surface area contributed by atoms with Gasteiger partial charge in [-0.25, -0.2) is 0 Å². The molecule has 4 N–H and O–H groups in total. The highest BCUT2D eigenvalue weighted by atomic mass is 16.3. The van der Waals surface area contributed by atoms with Crippen molar-refractivity contribution < 1.29 is 9.90 Å². The molecule has 0 aliphatic heterocycles. The Hall–Kier alpha value is -1.55. The van der Waals surface area contributed by atoms with E-state index >= 15 is 0 Å². The number of nitrogens with one attached hydrogen (secondary N) is 1. The summed E-state index contributed by atoms with van der Waals surface area (Å²) in [6, 6.07) is 6.47. The first-order valence-corrected chi connectivity index (χ1v) is 4.85. The van der Waals surface area contributed by atoms with Crippen molar-refractivity contribution in [1.82, 2.24) is 5.32 Å². The Kier molecular flexibility index (Phi) is 3.68. The minimum atomic E-state index is -0.417. The van der Waals surface area contributed by atoms with E-state index in [0.717, 1.165) is 5.56 Å². The number of carbonyl (C=O) groups excluding carboxylic acids is 1. The Bertz CT molecular complexity index is 352. The largest absolute Gasteiger partial charge is 0.508 e. The number of hydrogen-bond donors (Lipinski definition) is 3. The van der Waals surface area contributed by atoms with Gasteiger partial charge in [-0.1, -0.05) is 18.2 Å². The van der Waals surface area contributed by atoms with Gasteiger partial charge in [-0.3, -0.25) is 10.1 Å². The van der Waals surface area contributed by atoms with Crippen molar-refractivity contribution in [2.24, 2.45) is 5.73 Å². The van der Waals surface area contributed by atoms with Crippen LogP contribution < -0.4 is 11.1 Å². The fraction of sp³-hybridized carbons (Fsp3) is 0.364. The van der Waals surface area contributed by atoms with Gasteiger partial charge in [0.1, 0.15) is 5.75 Å². The number of hydrogen-bond acceptors (Lipinski definition) is 3. The fourth-order valence-electron chi connectivity index (χ4n) is 1.40.